The van der Waals surface area contributed by atoms with Crippen LogP contribution in [-0.2, 0) is 15.7 Å². The fraction of sp³-hybridized carbons (Fsp3) is 0.579. The summed E-state index contributed by atoms with van der Waals surface area (Å²) in [5.74, 6) is -1.34. The summed E-state index contributed by atoms with van der Waals surface area (Å²) in [6.07, 6.45) is 0.0844. The molecule has 0 spiro atoms. The predicted molar refractivity (Wildman–Crippen MR) is 94.6 cm³/mol. The Morgan fingerprint density at radius 2 is 2.00 bits per heavy atom. The van der Waals surface area contributed by atoms with Gasteiger partial charge < -0.3 is 14.2 Å². The van der Waals surface area contributed by atoms with E-state index >= 15 is 0 Å². The van der Waals surface area contributed by atoms with Crippen LogP contribution in [0.4, 0.5) is 13.2 Å². The summed E-state index contributed by atoms with van der Waals surface area (Å²) in [5, 5.41) is 3.40. The second-order valence-electron chi connectivity index (χ2n) is 7.41. The number of halogens is 3. The van der Waals surface area contributed by atoms with Gasteiger partial charge in [-0.1, -0.05) is 5.16 Å². The minimum absolute atomic E-state index is 0.00983. The van der Waals surface area contributed by atoms with Crippen molar-refractivity contribution in [2.24, 2.45) is 5.92 Å². The van der Waals surface area contributed by atoms with Gasteiger partial charge in [0, 0.05) is 44.3 Å². The molecule has 0 N–H and O–H groups in total. The number of ether oxygens (including phenoxy) is 1. The topological polar surface area (TPSA) is 81.4 Å². The SMILES string of the molecule is O=C(C1CCOCC1)N1CCC[C@H](c2ccnc(-c3noc(C(F)(F)F)n3)c2)C1. The standard InChI is InChI=1S/C19H21F3N4O3/c20-19(21,22)18-24-16(25-29-18)15-10-13(3-6-23-15)14-2-1-7-26(11-14)17(27)12-4-8-28-9-5-12/h3,6,10,12,14H,1-2,4-5,7-9,11H2/t14-/m0/s1. The highest BCUT2D eigenvalue weighted by molar-refractivity contribution is 5.79. The molecule has 0 aliphatic carbocycles. The number of carbonyl (C=O) groups is 1. The molecular formula is C19H21F3N4O3. The number of nitrogens with zero attached hydrogens (tertiary/aromatic N) is 4. The molecule has 0 aromatic carbocycles. The maximum atomic E-state index is 12.8. The van der Waals surface area contributed by atoms with Gasteiger partial charge in [-0.2, -0.15) is 18.2 Å². The van der Waals surface area contributed by atoms with Crippen molar-refractivity contribution in [1.82, 2.24) is 20.0 Å². The Kier molecular flexibility index (Phi) is 5.53. The molecule has 4 heterocycles. The van der Waals surface area contributed by atoms with Crippen molar-refractivity contribution in [1.29, 1.82) is 0 Å². The number of carbonyl (C=O) groups excluding carboxylic acids is 1. The maximum absolute atomic E-state index is 12.8. The Morgan fingerprint density at radius 3 is 2.72 bits per heavy atom. The number of amides is 1. The first-order chi connectivity index (χ1) is 13.9. The number of rotatable bonds is 3. The van der Waals surface area contributed by atoms with Crippen molar-refractivity contribution in [3.63, 3.8) is 0 Å². The zero-order valence-electron chi connectivity index (χ0n) is 15.7. The summed E-state index contributed by atoms with van der Waals surface area (Å²) >= 11 is 0. The van der Waals surface area contributed by atoms with Gasteiger partial charge in [0.2, 0.25) is 11.7 Å². The molecule has 7 nitrogen and oxygen atoms in total. The molecule has 0 saturated carbocycles. The molecule has 1 atom stereocenters. The van der Waals surface area contributed by atoms with E-state index in [1.54, 1.807) is 6.07 Å². The smallest absolute Gasteiger partial charge is 0.381 e. The lowest BCUT2D eigenvalue weighted by Crippen LogP contribution is -2.43. The van der Waals surface area contributed by atoms with E-state index in [1.165, 1.54) is 6.20 Å². The molecule has 0 bridgehead atoms. The van der Waals surface area contributed by atoms with Crippen molar-refractivity contribution >= 4 is 5.91 Å². The lowest BCUT2D eigenvalue weighted by Gasteiger charge is -2.36. The molecule has 0 unspecified atom stereocenters. The number of piperidine rings is 1. The average Bonchev–Trinajstić information content (AvgIpc) is 3.25. The monoisotopic (exact) mass is 410 g/mol. The van der Waals surface area contributed by atoms with E-state index in [1.807, 2.05) is 11.0 Å². The lowest BCUT2D eigenvalue weighted by molar-refractivity contribution is -0.159. The van der Waals surface area contributed by atoms with Crippen LogP contribution in [0.5, 0.6) is 0 Å². The van der Waals surface area contributed by atoms with E-state index in [0.29, 0.717) is 19.8 Å². The number of hydrogen-bond donors (Lipinski definition) is 0. The molecule has 0 radical (unpaired) electrons. The molecule has 2 aromatic heterocycles. The first-order valence-corrected chi connectivity index (χ1v) is 9.65. The third-order valence-corrected chi connectivity index (χ3v) is 5.46. The highest BCUT2D eigenvalue weighted by Crippen LogP contribution is 2.32. The fourth-order valence-corrected chi connectivity index (χ4v) is 3.92. The Hall–Kier alpha value is -2.49. The van der Waals surface area contributed by atoms with Crippen LogP contribution >= 0.6 is 0 Å². The van der Waals surface area contributed by atoms with Gasteiger partial charge in [-0.15, -0.1) is 0 Å². The van der Waals surface area contributed by atoms with E-state index in [-0.39, 0.29) is 29.3 Å². The molecular weight excluding hydrogens is 389 g/mol. The summed E-state index contributed by atoms with van der Waals surface area (Å²) < 4.78 is 47.7. The van der Waals surface area contributed by atoms with E-state index in [4.69, 9.17) is 4.74 Å². The van der Waals surface area contributed by atoms with E-state index < -0.39 is 12.1 Å². The Labute approximate surface area is 165 Å². The molecule has 2 aliphatic heterocycles. The lowest BCUT2D eigenvalue weighted by atomic mass is 9.89. The maximum Gasteiger partial charge on any atom is 0.471 e. The van der Waals surface area contributed by atoms with Gasteiger partial charge in [0.05, 0.1) is 0 Å². The molecule has 4 rings (SSSR count). The van der Waals surface area contributed by atoms with Crippen molar-refractivity contribution in [2.75, 3.05) is 26.3 Å². The number of pyridine rings is 1. The fourth-order valence-electron chi connectivity index (χ4n) is 3.92. The summed E-state index contributed by atoms with van der Waals surface area (Å²) in [5.41, 5.74) is 1.12. The molecule has 156 valence electrons. The number of aromatic nitrogens is 3. The molecule has 2 aliphatic rings. The predicted octanol–water partition coefficient (Wildman–Crippen LogP) is 3.28. The second kappa shape index (κ2) is 8.10. The minimum atomic E-state index is -4.70. The van der Waals surface area contributed by atoms with Gasteiger partial charge >= 0.3 is 12.1 Å². The Bertz CT molecular complexity index is 864. The first-order valence-electron chi connectivity index (χ1n) is 9.65. The van der Waals surface area contributed by atoms with Crippen LogP contribution in [0.2, 0.25) is 0 Å². The van der Waals surface area contributed by atoms with Crippen molar-refractivity contribution in [2.45, 2.75) is 37.8 Å². The van der Waals surface area contributed by atoms with Gasteiger partial charge in [-0.05, 0) is 43.4 Å². The third kappa shape index (κ3) is 4.42. The van der Waals surface area contributed by atoms with Crippen LogP contribution in [-0.4, -0.2) is 52.2 Å². The quantitative estimate of drug-likeness (QED) is 0.773. The largest absolute Gasteiger partial charge is 0.471 e. The van der Waals surface area contributed by atoms with Crippen LogP contribution < -0.4 is 0 Å². The highest BCUT2D eigenvalue weighted by atomic mass is 19.4. The zero-order valence-corrected chi connectivity index (χ0v) is 15.7. The number of hydrogen-bond acceptors (Lipinski definition) is 6. The van der Waals surface area contributed by atoms with Gasteiger partial charge in [0.1, 0.15) is 5.69 Å². The van der Waals surface area contributed by atoms with Crippen molar-refractivity contribution in [3.05, 3.63) is 29.8 Å². The molecule has 2 aromatic rings. The van der Waals surface area contributed by atoms with Crippen LogP contribution in [0.25, 0.3) is 11.5 Å². The van der Waals surface area contributed by atoms with Gasteiger partial charge in [-0.25, -0.2) is 0 Å². The number of likely N-dealkylation sites (tertiary alicyclic amines) is 1. The van der Waals surface area contributed by atoms with E-state index in [0.717, 1.165) is 37.8 Å². The average molecular weight is 410 g/mol. The normalized spacial score (nSPS) is 21.3. The third-order valence-electron chi connectivity index (χ3n) is 5.46. The van der Waals surface area contributed by atoms with Crippen LogP contribution in [0, 0.1) is 5.92 Å². The van der Waals surface area contributed by atoms with Crippen LogP contribution in [0.15, 0.2) is 22.9 Å². The van der Waals surface area contributed by atoms with Crippen molar-refractivity contribution in [3.8, 4) is 11.5 Å². The zero-order chi connectivity index (χ0) is 20.4. The summed E-state index contributed by atoms with van der Waals surface area (Å²) in [6, 6.07) is 3.50. The summed E-state index contributed by atoms with van der Waals surface area (Å²) in [7, 11) is 0. The van der Waals surface area contributed by atoms with Crippen LogP contribution in [0.3, 0.4) is 0 Å². The molecule has 1 amide bonds. The van der Waals surface area contributed by atoms with Crippen LogP contribution in [0.1, 0.15) is 43.1 Å². The summed E-state index contributed by atoms with van der Waals surface area (Å²) in [6.45, 7) is 2.54. The summed E-state index contributed by atoms with van der Waals surface area (Å²) in [4.78, 5) is 22.2. The molecule has 2 saturated heterocycles. The first kappa shape index (κ1) is 19.8. The molecule has 2 fully saturated rings. The van der Waals surface area contributed by atoms with Gasteiger partial charge in [0.25, 0.3) is 0 Å². The van der Waals surface area contributed by atoms with Crippen molar-refractivity contribution < 1.29 is 27.2 Å². The highest BCUT2D eigenvalue weighted by Gasteiger charge is 2.38. The molecule has 10 heteroatoms. The van der Waals surface area contributed by atoms with E-state index in [9.17, 15) is 18.0 Å². The molecule has 29 heavy (non-hydrogen) atoms. The Morgan fingerprint density at radius 1 is 1.21 bits per heavy atom. The second-order valence-corrected chi connectivity index (χ2v) is 7.41. The number of alkyl halides is 3. The van der Waals surface area contributed by atoms with Gasteiger partial charge in [0.15, 0.2) is 0 Å². The van der Waals surface area contributed by atoms with E-state index in [2.05, 4.69) is 19.6 Å². The minimum Gasteiger partial charge on any atom is -0.381 e. The van der Waals surface area contributed by atoms with Gasteiger partial charge in [-0.3, -0.25) is 9.78 Å². The Balaban J connectivity index is 1.49.